The number of rotatable bonds is 4. The lowest BCUT2D eigenvalue weighted by Crippen LogP contribution is -2.59. The number of aryl methyl sites for hydroxylation is 1. The van der Waals surface area contributed by atoms with Gasteiger partial charge < -0.3 is 15.2 Å². The molecule has 3 atom stereocenters. The van der Waals surface area contributed by atoms with Crippen molar-refractivity contribution in [1.82, 2.24) is 0 Å². The van der Waals surface area contributed by atoms with Gasteiger partial charge in [-0.05, 0) is 37.6 Å². The van der Waals surface area contributed by atoms with Gasteiger partial charge in [0.15, 0.2) is 0 Å². The number of hydrogen-bond acceptors (Lipinski definition) is 3. The molecule has 3 unspecified atom stereocenters. The summed E-state index contributed by atoms with van der Waals surface area (Å²) < 4.78 is 12.6. The first-order chi connectivity index (χ1) is 8.11. The number of ether oxygens (including phenoxy) is 2. The third-order valence-electron chi connectivity index (χ3n) is 3.07. The first-order valence-electron chi connectivity index (χ1n) is 5.91. The number of benzene rings is 1. The van der Waals surface area contributed by atoms with Gasteiger partial charge in [-0.1, -0.05) is 15.9 Å². The highest BCUT2D eigenvalue weighted by Gasteiger charge is 2.41. The molecule has 0 amide bonds. The molecule has 0 spiro atoms. The number of hydrogen-bond donors (Lipinski definition) is 1. The summed E-state index contributed by atoms with van der Waals surface area (Å²) in [4.78, 5) is 0. The van der Waals surface area contributed by atoms with Crippen molar-refractivity contribution < 1.29 is 9.47 Å². The molecule has 17 heavy (non-hydrogen) atoms. The largest absolute Gasteiger partial charge is 0.488 e. The minimum atomic E-state index is 0.0314. The average Bonchev–Trinajstić information content (AvgIpc) is 2.30. The molecule has 1 aliphatic rings. The maximum absolute atomic E-state index is 5.90. The predicted molar refractivity (Wildman–Crippen MR) is 71.3 cm³/mol. The van der Waals surface area contributed by atoms with Gasteiger partial charge >= 0.3 is 0 Å². The van der Waals surface area contributed by atoms with Crippen LogP contribution in [-0.4, -0.2) is 24.9 Å². The van der Waals surface area contributed by atoms with Crippen molar-refractivity contribution in [3.05, 3.63) is 28.2 Å². The van der Waals surface area contributed by atoms with Crippen molar-refractivity contribution in [2.45, 2.75) is 38.5 Å². The highest BCUT2D eigenvalue weighted by atomic mass is 79.9. The van der Waals surface area contributed by atoms with Gasteiger partial charge in [0.25, 0.3) is 0 Å². The lowest BCUT2D eigenvalue weighted by atomic mass is 9.86. The molecule has 94 valence electrons. The van der Waals surface area contributed by atoms with Gasteiger partial charge in [0, 0.05) is 23.5 Å². The van der Waals surface area contributed by atoms with E-state index in [0.29, 0.717) is 6.61 Å². The molecule has 4 heteroatoms. The Kier molecular flexibility index (Phi) is 4.07. The maximum atomic E-state index is 5.90. The fourth-order valence-electron chi connectivity index (χ4n) is 2.02. The monoisotopic (exact) mass is 299 g/mol. The van der Waals surface area contributed by atoms with Crippen LogP contribution < -0.4 is 10.5 Å². The fraction of sp³-hybridized carbons (Fsp3) is 0.538. The van der Waals surface area contributed by atoms with E-state index in [1.54, 1.807) is 0 Å². The van der Waals surface area contributed by atoms with Gasteiger partial charge in [0.05, 0.1) is 0 Å². The highest BCUT2D eigenvalue weighted by molar-refractivity contribution is 9.10. The van der Waals surface area contributed by atoms with Gasteiger partial charge in [-0.3, -0.25) is 0 Å². The van der Waals surface area contributed by atoms with Crippen LogP contribution in [0.4, 0.5) is 0 Å². The van der Waals surface area contributed by atoms with E-state index in [-0.39, 0.29) is 18.2 Å². The fourth-order valence-corrected chi connectivity index (χ4v) is 2.27. The summed E-state index contributed by atoms with van der Waals surface area (Å²) in [5, 5.41) is 0. The topological polar surface area (TPSA) is 44.5 Å². The first kappa shape index (κ1) is 12.9. The molecule has 0 aliphatic heterocycles. The highest BCUT2D eigenvalue weighted by Crippen LogP contribution is 2.29. The van der Waals surface area contributed by atoms with Crippen molar-refractivity contribution in [2.24, 2.45) is 5.73 Å². The van der Waals surface area contributed by atoms with Crippen LogP contribution in [0.1, 0.15) is 18.9 Å². The molecule has 0 heterocycles. The SMILES string of the molecule is CCOC1C(N)CC1Oc1ccc(Br)c(C)c1. The van der Waals surface area contributed by atoms with E-state index >= 15 is 0 Å². The third-order valence-corrected chi connectivity index (χ3v) is 3.96. The molecule has 2 rings (SSSR count). The van der Waals surface area contributed by atoms with Crippen molar-refractivity contribution >= 4 is 15.9 Å². The minimum Gasteiger partial charge on any atom is -0.488 e. The van der Waals surface area contributed by atoms with Crippen LogP contribution >= 0.6 is 15.9 Å². The number of nitrogens with two attached hydrogens (primary N) is 1. The second kappa shape index (κ2) is 5.38. The Morgan fingerprint density at radius 2 is 2.24 bits per heavy atom. The Morgan fingerprint density at radius 3 is 2.82 bits per heavy atom. The minimum absolute atomic E-state index is 0.0314. The summed E-state index contributed by atoms with van der Waals surface area (Å²) in [5.41, 5.74) is 7.06. The molecule has 0 bridgehead atoms. The normalized spacial score (nSPS) is 27.6. The van der Waals surface area contributed by atoms with E-state index in [4.69, 9.17) is 15.2 Å². The molecule has 1 aliphatic carbocycles. The van der Waals surface area contributed by atoms with Crippen LogP contribution in [0, 0.1) is 6.92 Å². The van der Waals surface area contributed by atoms with Crippen LogP contribution in [-0.2, 0) is 4.74 Å². The van der Waals surface area contributed by atoms with Crippen molar-refractivity contribution in [2.75, 3.05) is 6.61 Å². The zero-order chi connectivity index (χ0) is 12.4. The molecule has 3 nitrogen and oxygen atoms in total. The van der Waals surface area contributed by atoms with Crippen LogP contribution in [0.2, 0.25) is 0 Å². The quantitative estimate of drug-likeness (QED) is 0.929. The molecule has 1 saturated carbocycles. The van der Waals surface area contributed by atoms with Gasteiger partial charge in [-0.25, -0.2) is 0 Å². The molecular weight excluding hydrogens is 282 g/mol. The summed E-state index contributed by atoms with van der Waals surface area (Å²) in [5.74, 6) is 0.882. The zero-order valence-electron chi connectivity index (χ0n) is 10.2. The molecule has 1 fully saturated rings. The second-order valence-electron chi connectivity index (χ2n) is 4.39. The molecule has 1 aromatic carbocycles. The molecule has 2 N–H and O–H groups in total. The van der Waals surface area contributed by atoms with Gasteiger partial charge in [-0.2, -0.15) is 0 Å². The van der Waals surface area contributed by atoms with E-state index in [9.17, 15) is 0 Å². The van der Waals surface area contributed by atoms with Gasteiger partial charge in [0.2, 0.25) is 0 Å². The second-order valence-corrected chi connectivity index (χ2v) is 5.24. The third kappa shape index (κ3) is 2.81. The molecule has 0 aromatic heterocycles. The Balaban J connectivity index is 1.99. The standard InChI is InChI=1S/C13H18BrNO2/c1-3-16-13-11(15)7-12(13)17-9-4-5-10(14)8(2)6-9/h4-6,11-13H,3,7,15H2,1-2H3. The average molecular weight is 300 g/mol. The molecular formula is C13H18BrNO2. The van der Waals surface area contributed by atoms with Gasteiger partial charge in [-0.15, -0.1) is 0 Å². The van der Waals surface area contributed by atoms with Crippen molar-refractivity contribution in [3.63, 3.8) is 0 Å². The summed E-state index contributed by atoms with van der Waals surface area (Å²) in [6, 6.07) is 6.09. The summed E-state index contributed by atoms with van der Waals surface area (Å²) in [7, 11) is 0. The Bertz CT molecular complexity index is 397. The Hall–Kier alpha value is -0.580. The lowest BCUT2D eigenvalue weighted by Gasteiger charge is -2.41. The zero-order valence-corrected chi connectivity index (χ0v) is 11.7. The summed E-state index contributed by atoms with van der Waals surface area (Å²) in [6.45, 7) is 4.70. The van der Waals surface area contributed by atoms with Crippen LogP contribution in [0.5, 0.6) is 5.75 Å². The van der Waals surface area contributed by atoms with E-state index in [1.807, 2.05) is 32.0 Å². The molecule has 0 saturated heterocycles. The smallest absolute Gasteiger partial charge is 0.128 e. The van der Waals surface area contributed by atoms with Gasteiger partial charge in [0.1, 0.15) is 18.0 Å². The first-order valence-corrected chi connectivity index (χ1v) is 6.71. The summed E-state index contributed by atoms with van der Waals surface area (Å²) in [6.07, 6.45) is 0.981. The molecule has 1 aromatic rings. The van der Waals surface area contributed by atoms with E-state index < -0.39 is 0 Å². The van der Waals surface area contributed by atoms with Crippen LogP contribution in [0.3, 0.4) is 0 Å². The Morgan fingerprint density at radius 1 is 1.47 bits per heavy atom. The lowest BCUT2D eigenvalue weighted by molar-refractivity contribution is -0.0945. The van der Waals surface area contributed by atoms with E-state index in [1.165, 1.54) is 5.56 Å². The van der Waals surface area contributed by atoms with Crippen molar-refractivity contribution in [1.29, 1.82) is 0 Å². The van der Waals surface area contributed by atoms with Crippen LogP contribution in [0.25, 0.3) is 0 Å². The van der Waals surface area contributed by atoms with E-state index in [2.05, 4.69) is 15.9 Å². The van der Waals surface area contributed by atoms with E-state index in [0.717, 1.165) is 16.6 Å². The Labute approximate surface area is 110 Å². The number of halogens is 1. The van der Waals surface area contributed by atoms with Crippen LogP contribution in [0.15, 0.2) is 22.7 Å². The predicted octanol–water partition coefficient (Wildman–Crippen LogP) is 2.64. The summed E-state index contributed by atoms with van der Waals surface area (Å²) >= 11 is 3.47. The van der Waals surface area contributed by atoms with Crippen molar-refractivity contribution in [3.8, 4) is 5.75 Å². The molecule has 0 radical (unpaired) electrons. The maximum Gasteiger partial charge on any atom is 0.128 e.